The number of aromatic nitrogens is 5. The number of benzene rings is 2. The summed E-state index contributed by atoms with van der Waals surface area (Å²) in [7, 11) is 0. The van der Waals surface area contributed by atoms with E-state index in [1.165, 1.54) is 35.6 Å². The van der Waals surface area contributed by atoms with E-state index in [-0.39, 0.29) is 44.9 Å². The summed E-state index contributed by atoms with van der Waals surface area (Å²) < 4.78 is 71.2. The van der Waals surface area contributed by atoms with Crippen LogP contribution >= 0.6 is 0 Å². The highest BCUT2D eigenvalue weighted by atomic mass is 19.4. The normalized spacial score (nSPS) is 12.1. The maximum absolute atomic E-state index is 15.1. The van der Waals surface area contributed by atoms with Crippen molar-refractivity contribution in [2.24, 2.45) is 0 Å². The summed E-state index contributed by atoms with van der Waals surface area (Å²) in [6.07, 6.45) is -0.861. The molecule has 0 aliphatic heterocycles. The van der Waals surface area contributed by atoms with Crippen molar-refractivity contribution >= 4 is 28.3 Å². The van der Waals surface area contributed by atoms with Crippen molar-refractivity contribution in [2.75, 3.05) is 5.73 Å². The van der Waals surface area contributed by atoms with Crippen LogP contribution in [-0.4, -0.2) is 41.0 Å². The Labute approximate surface area is 212 Å². The predicted octanol–water partition coefficient (Wildman–Crippen LogP) is 5.13. The summed E-state index contributed by atoms with van der Waals surface area (Å²) in [5.41, 5.74) is 6.41. The number of halogens is 5. The van der Waals surface area contributed by atoms with Gasteiger partial charge in [-0.2, -0.15) is 9.78 Å². The third-order valence-electron chi connectivity index (χ3n) is 6.15. The van der Waals surface area contributed by atoms with Crippen LogP contribution in [0.25, 0.3) is 27.8 Å². The van der Waals surface area contributed by atoms with Crippen LogP contribution in [0.2, 0.25) is 0 Å². The van der Waals surface area contributed by atoms with Gasteiger partial charge in [0.05, 0.1) is 34.8 Å². The van der Waals surface area contributed by atoms with Crippen molar-refractivity contribution in [1.82, 2.24) is 29.0 Å². The highest BCUT2D eigenvalue weighted by Crippen LogP contribution is 2.31. The second kappa shape index (κ2) is 9.08. The zero-order valence-corrected chi connectivity index (χ0v) is 20.0. The minimum Gasteiger partial charge on any atom is -0.382 e. The Bertz CT molecular complexity index is 1690. The number of rotatable bonds is 5. The van der Waals surface area contributed by atoms with Crippen LogP contribution in [0.5, 0.6) is 0 Å². The molecule has 5 rings (SSSR count). The van der Waals surface area contributed by atoms with Gasteiger partial charge in [0, 0.05) is 36.0 Å². The second-order valence-electron chi connectivity index (χ2n) is 8.90. The van der Waals surface area contributed by atoms with Crippen molar-refractivity contribution in [1.29, 1.82) is 0 Å². The number of carbonyl (C=O) groups excluding carboxylic acids is 1. The molecule has 0 saturated carbocycles. The van der Waals surface area contributed by atoms with Crippen molar-refractivity contribution in [3.63, 3.8) is 0 Å². The molecule has 0 radical (unpaired) electrons. The lowest BCUT2D eigenvalue weighted by atomic mass is 10.1. The van der Waals surface area contributed by atoms with Crippen LogP contribution in [0.1, 0.15) is 29.8 Å². The molecule has 2 aromatic carbocycles. The standard InChI is InChI=1S/C25H20F5N7O/c1-13(2)35(11-15-4-3-14(7-17(15)26)20-5-6-33-37(20)25(28,29)30)24(38)16-8-21-19(9-18(16)27)34-23(31)22-10-32-12-36(21)22/h3-10,12-13H,11H2,1-2H3,(H2,31,34). The molecule has 2 N–H and O–H groups in total. The summed E-state index contributed by atoms with van der Waals surface area (Å²) in [6.45, 7) is 3.11. The number of imidazole rings is 1. The first-order chi connectivity index (χ1) is 18.0. The fourth-order valence-corrected chi connectivity index (χ4v) is 4.25. The summed E-state index contributed by atoms with van der Waals surface area (Å²) in [6, 6.07) is 6.62. The number of alkyl halides is 3. The van der Waals surface area contributed by atoms with Crippen molar-refractivity contribution in [3.8, 4) is 11.3 Å². The van der Waals surface area contributed by atoms with E-state index < -0.39 is 29.9 Å². The maximum Gasteiger partial charge on any atom is 0.505 e. The fourth-order valence-electron chi connectivity index (χ4n) is 4.25. The predicted molar refractivity (Wildman–Crippen MR) is 129 cm³/mol. The lowest BCUT2D eigenvalue weighted by Crippen LogP contribution is -2.37. The Hall–Kier alpha value is -4.55. The Morgan fingerprint density at radius 3 is 2.53 bits per heavy atom. The average molecular weight is 529 g/mol. The van der Waals surface area contributed by atoms with Crippen LogP contribution in [0.3, 0.4) is 0 Å². The molecule has 5 aromatic rings. The second-order valence-corrected chi connectivity index (χ2v) is 8.90. The van der Waals surface area contributed by atoms with Crippen molar-refractivity contribution < 1.29 is 26.7 Å². The largest absolute Gasteiger partial charge is 0.505 e. The van der Waals surface area contributed by atoms with Crippen molar-refractivity contribution in [3.05, 3.63) is 77.9 Å². The van der Waals surface area contributed by atoms with Gasteiger partial charge in [-0.25, -0.2) is 18.7 Å². The first kappa shape index (κ1) is 25.1. The van der Waals surface area contributed by atoms with Crippen LogP contribution in [-0.2, 0) is 12.8 Å². The Kier molecular flexibility index (Phi) is 6.00. The van der Waals surface area contributed by atoms with E-state index in [0.717, 1.165) is 24.4 Å². The number of anilines is 1. The number of nitrogens with zero attached hydrogens (tertiary/aromatic N) is 6. The minimum atomic E-state index is -4.78. The topological polar surface area (TPSA) is 94.3 Å². The molecule has 1 amide bonds. The zero-order valence-electron chi connectivity index (χ0n) is 20.0. The summed E-state index contributed by atoms with van der Waals surface area (Å²) in [4.78, 5) is 22.9. The molecule has 8 nitrogen and oxygen atoms in total. The number of nitrogens with two attached hydrogens (primary N) is 1. The highest BCUT2D eigenvalue weighted by Gasteiger charge is 2.34. The molecule has 0 unspecified atom stereocenters. The quantitative estimate of drug-likeness (QED) is 0.319. The van der Waals surface area contributed by atoms with Gasteiger partial charge in [-0.3, -0.25) is 9.20 Å². The van der Waals surface area contributed by atoms with E-state index in [1.54, 1.807) is 18.2 Å². The lowest BCUT2D eigenvalue weighted by molar-refractivity contribution is -0.211. The van der Waals surface area contributed by atoms with Gasteiger partial charge in [0.25, 0.3) is 5.91 Å². The first-order valence-electron chi connectivity index (χ1n) is 11.4. The number of carbonyl (C=O) groups is 1. The Morgan fingerprint density at radius 2 is 1.84 bits per heavy atom. The molecule has 3 heterocycles. The Morgan fingerprint density at radius 1 is 1.08 bits per heavy atom. The molecular formula is C25H20F5N7O. The molecule has 196 valence electrons. The molecule has 0 spiro atoms. The Balaban J connectivity index is 1.49. The van der Waals surface area contributed by atoms with Crippen molar-refractivity contribution in [2.45, 2.75) is 32.7 Å². The van der Waals surface area contributed by atoms with Gasteiger partial charge >= 0.3 is 6.30 Å². The van der Waals surface area contributed by atoms with E-state index in [9.17, 15) is 18.0 Å². The third kappa shape index (κ3) is 4.29. The third-order valence-corrected chi connectivity index (χ3v) is 6.15. The van der Waals surface area contributed by atoms with E-state index in [1.807, 2.05) is 0 Å². The summed E-state index contributed by atoms with van der Waals surface area (Å²) in [5.74, 6) is -2.22. The number of hydrogen-bond acceptors (Lipinski definition) is 5. The van der Waals surface area contributed by atoms with E-state index in [4.69, 9.17) is 5.73 Å². The summed E-state index contributed by atoms with van der Waals surface area (Å²) >= 11 is 0. The number of nitrogen functional groups attached to an aromatic ring is 1. The number of hydrogen-bond donors (Lipinski definition) is 1. The molecule has 13 heteroatoms. The van der Waals surface area contributed by atoms with Crippen LogP contribution < -0.4 is 5.73 Å². The molecule has 0 fully saturated rings. The van der Waals surface area contributed by atoms with Crippen LogP contribution in [0.15, 0.2) is 55.1 Å². The van der Waals surface area contributed by atoms with Gasteiger partial charge in [-0.05, 0) is 32.0 Å². The van der Waals surface area contributed by atoms with Gasteiger partial charge in [-0.1, -0.05) is 12.1 Å². The maximum atomic E-state index is 15.1. The monoisotopic (exact) mass is 529 g/mol. The molecule has 0 saturated heterocycles. The first-order valence-corrected chi connectivity index (χ1v) is 11.4. The summed E-state index contributed by atoms with van der Waals surface area (Å²) in [5, 5.41) is 3.26. The molecule has 38 heavy (non-hydrogen) atoms. The van der Waals surface area contributed by atoms with Gasteiger partial charge in [0.1, 0.15) is 23.0 Å². The molecule has 0 bridgehead atoms. The molecule has 0 aliphatic rings. The van der Waals surface area contributed by atoms with Crippen LogP contribution in [0.4, 0.5) is 27.8 Å². The van der Waals surface area contributed by atoms with Gasteiger partial charge in [0.2, 0.25) is 0 Å². The SMILES string of the molecule is CC(C)N(Cc1ccc(-c2ccnn2C(F)(F)F)cc1F)C(=O)c1cc2c(cc1F)nc(N)c1cncn12. The molecular weight excluding hydrogens is 509 g/mol. The van der Waals surface area contributed by atoms with E-state index in [0.29, 0.717) is 11.0 Å². The van der Waals surface area contributed by atoms with Gasteiger partial charge in [0.15, 0.2) is 0 Å². The van der Waals surface area contributed by atoms with Gasteiger partial charge in [-0.15, -0.1) is 13.2 Å². The van der Waals surface area contributed by atoms with E-state index >= 15 is 8.78 Å². The molecule has 0 aliphatic carbocycles. The van der Waals surface area contributed by atoms with Gasteiger partial charge < -0.3 is 10.6 Å². The van der Waals surface area contributed by atoms with E-state index in [2.05, 4.69) is 15.1 Å². The minimum absolute atomic E-state index is 0.0415. The molecule has 0 atom stereocenters. The average Bonchev–Trinajstić information content (AvgIpc) is 3.53. The molecule has 3 aromatic heterocycles. The lowest BCUT2D eigenvalue weighted by Gasteiger charge is -2.27. The highest BCUT2D eigenvalue weighted by molar-refractivity contribution is 5.98. The van der Waals surface area contributed by atoms with Crippen LogP contribution in [0, 0.1) is 11.6 Å². The zero-order chi connectivity index (χ0) is 27.4. The number of fused-ring (bicyclic) bond motifs is 3. The number of amides is 1. The fraction of sp³-hybridized carbons (Fsp3) is 0.200. The smallest absolute Gasteiger partial charge is 0.382 e.